The van der Waals surface area contributed by atoms with Gasteiger partial charge in [0.05, 0.1) is 6.04 Å². The number of nitrogens with zero attached hydrogens (tertiary/aromatic N) is 2. The van der Waals surface area contributed by atoms with E-state index in [0.717, 1.165) is 44.2 Å². The topological polar surface area (TPSA) is 66.0 Å². The highest BCUT2D eigenvalue weighted by atomic mass is 127. The molecule has 0 bridgehead atoms. The van der Waals surface area contributed by atoms with Crippen molar-refractivity contribution in [2.75, 3.05) is 26.7 Å². The van der Waals surface area contributed by atoms with Gasteiger partial charge in [-0.15, -0.1) is 24.0 Å². The molecule has 2 N–H and O–H groups in total. The van der Waals surface area contributed by atoms with E-state index < -0.39 is 5.60 Å². The van der Waals surface area contributed by atoms with E-state index in [-0.39, 0.29) is 36.1 Å². The van der Waals surface area contributed by atoms with Crippen molar-refractivity contribution in [2.24, 2.45) is 10.9 Å². The maximum Gasteiger partial charge on any atom is 0.410 e. The summed E-state index contributed by atoms with van der Waals surface area (Å²) >= 11 is 0. The number of carbonyl (C=O) groups excluding carboxylic acids is 1. The Balaban J connectivity index is 0.00000288. The number of carbonyl (C=O) groups is 1. The minimum Gasteiger partial charge on any atom is -0.444 e. The minimum absolute atomic E-state index is 0. The molecule has 1 aliphatic heterocycles. The maximum absolute atomic E-state index is 12.4. The zero-order valence-corrected chi connectivity index (χ0v) is 17.8. The van der Waals surface area contributed by atoms with Gasteiger partial charge in [0.25, 0.3) is 0 Å². The average molecular weight is 452 g/mol. The lowest BCUT2D eigenvalue weighted by atomic mass is 10.0. The fraction of sp³-hybridized carbons (Fsp3) is 0.882. The van der Waals surface area contributed by atoms with E-state index in [4.69, 9.17) is 4.74 Å². The number of hydrogen-bond acceptors (Lipinski definition) is 3. The molecule has 2 aliphatic rings. The smallest absolute Gasteiger partial charge is 0.410 e. The molecule has 1 heterocycles. The predicted octanol–water partition coefficient (Wildman–Crippen LogP) is 2.97. The molecule has 1 saturated carbocycles. The number of ether oxygens (including phenoxy) is 1. The second-order valence-electron chi connectivity index (χ2n) is 7.60. The molecule has 0 spiro atoms. The van der Waals surface area contributed by atoms with Gasteiger partial charge < -0.3 is 20.3 Å². The summed E-state index contributed by atoms with van der Waals surface area (Å²) < 4.78 is 5.54. The number of guanidine groups is 1. The fourth-order valence-electron chi connectivity index (χ4n) is 2.77. The quantitative estimate of drug-likeness (QED) is 0.391. The zero-order valence-electron chi connectivity index (χ0n) is 15.4. The van der Waals surface area contributed by atoms with Crippen LogP contribution in [0.1, 0.15) is 52.9 Å². The van der Waals surface area contributed by atoms with Crippen LogP contribution in [0, 0.1) is 5.92 Å². The van der Waals surface area contributed by atoms with Gasteiger partial charge in [-0.1, -0.05) is 0 Å². The lowest BCUT2D eigenvalue weighted by Crippen LogP contribution is -2.52. The van der Waals surface area contributed by atoms with Crippen molar-refractivity contribution in [1.82, 2.24) is 15.5 Å². The van der Waals surface area contributed by atoms with Crippen molar-refractivity contribution in [1.29, 1.82) is 0 Å². The molecule has 1 amide bonds. The number of amides is 1. The van der Waals surface area contributed by atoms with Crippen molar-refractivity contribution in [3.05, 3.63) is 0 Å². The molecule has 2 fully saturated rings. The Morgan fingerprint density at radius 2 is 1.83 bits per heavy atom. The highest BCUT2D eigenvalue weighted by Crippen LogP contribution is 2.27. The van der Waals surface area contributed by atoms with Crippen molar-refractivity contribution in [3.63, 3.8) is 0 Å². The number of rotatable bonds is 4. The molecule has 24 heavy (non-hydrogen) atoms. The maximum atomic E-state index is 12.4. The summed E-state index contributed by atoms with van der Waals surface area (Å²) in [4.78, 5) is 18.5. The van der Waals surface area contributed by atoms with Crippen LogP contribution in [0.25, 0.3) is 0 Å². The standard InChI is InChI=1S/C17H32N4O2.HI/c1-17(2,3)23-16(22)21-10-6-5-7-14(21)12-20-15(18-4)19-11-13-8-9-13;/h13-14H,5-12H2,1-4H3,(H2,18,19,20);1H. The lowest BCUT2D eigenvalue weighted by molar-refractivity contribution is 0.0104. The van der Waals surface area contributed by atoms with Crippen LogP contribution in [0.3, 0.4) is 0 Å². The molecule has 7 heteroatoms. The van der Waals surface area contributed by atoms with Gasteiger partial charge in [-0.2, -0.15) is 0 Å². The first-order valence-corrected chi connectivity index (χ1v) is 8.83. The average Bonchev–Trinajstić information content (AvgIpc) is 3.30. The first-order chi connectivity index (χ1) is 10.9. The Hall–Kier alpha value is -0.730. The van der Waals surface area contributed by atoms with Gasteiger partial charge in [0.1, 0.15) is 5.60 Å². The Morgan fingerprint density at radius 3 is 2.42 bits per heavy atom. The van der Waals surface area contributed by atoms with Gasteiger partial charge in [0.2, 0.25) is 0 Å². The van der Waals surface area contributed by atoms with Crippen LogP contribution < -0.4 is 10.6 Å². The van der Waals surface area contributed by atoms with Crippen LogP contribution in [0.15, 0.2) is 4.99 Å². The zero-order chi connectivity index (χ0) is 16.9. The van der Waals surface area contributed by atoms with Crippen LogP contribution in [0.4, 0.5) is 4.79 Å². The van der Waals surface area contributed by atoms with Crippen molar-refractivity contribution >= 4 is 36.0 Å². The number of hydrogen-bond donors (Lipinski definition) is 2. The van der Waals surface area contributed by atoms with Gasteiger partial charge in [0.15, 0.2) is 5.96 Å². The third-order valence-electron chi connectivity index (χ3n) is 4.24. The molecular formula is C17H33IN4O2. The van der Waals surface area contributed by atoms with Gasteiger partial charge in [-0.3, -0.25) is 4.99 Å². The van der Waals surface area contributed by atoms with Crippen molar-refractivity contribution in [3.8, 4) is 0 Å². The van der Waals surface area contributed by atoms with Crippen LogP contribution in [-0.2, 0) is 4.74 Å². The molecule has 1 saturated heterocycles. The fourth-order valence-corrected chi connectivity index (χ4v) is 2.77. The highest BCUT2D eigenvalue weighted by Gasteiger charge is 2.30. The van der Waals surface area contributed by atoms with Crippen molar-refractivity contribution in [2.45, 2.75) is 64.5 Å². The Morgan fingerprint density at radius 1 is 1.17 bits per heavy atom. The Kier molecular flexibility index (Phi) is 8.59. The second kappa shape index (κ2) is 9.68. The molecular weight excluding hydrogens is 419 g/mol. The van der Waals surface area contributed by atoms with Crippen molar-refractivity contribution < 1.29 is 9.53 Å². The first-order valence-electron chi connectivity index (χ1n) is 8.83. The summed E-state index contributed by atoms with van der Waals surface area (Å²) in [5, 5.41) is 6.72. The van der Waals surface area contributed by atoms with E-state index in [2.05, 4.69) is 15.6 Å². The first kappa shape index (κ1) is 21.3. The van der Waals surface area contributed by atoms with E-state index in [1.54, 1.807) is 7.05 Å². The molecule has 0 aromatic carbocycles. The van der Waals surface area contributed by atoms with E-state index >= 15 is 0 Å². The van der Waals surface area contributed by atoms with Crippen LogP contribution in [0.5, 0.6) is 0 Å². The summed E-state index contributed by atoms with van der Waals surface area (Å²) in [5.74, 6) is 1.63. The van der Waals surface area contributed by atoms with Gasteiger partial charge >= 0.3 is 6.09 Å². The molecule has 1 aliphatic carbocycles. The Labute approximate surface area is 163 Å². The monoisotopic (exact) mass is 452 g/mol. The number of piperidine rings is 1. The number of nitrogens with one attached hydrogen (secondary N) is 2. The molecule has 0 radical (unpaired) electrons. The molecule has 140 valence electrons. The van der Waals surface area contributed by atoms with E-state index in [0.29, 0.717) is 6.54 Å². The molecule has 1 atom stereocenters. The van der Waals surface area contributed by atoms with Crippen LogP contribution in [-0.4, -0.2) is 55.3 Å². The summed E-state index contributed by atoms with van der Waals surface area (Å²) in [6.07, 6.45) is 5.64. The summed E-state index contributed by atoms with van der Waals surface area (Å²) in [7, 11) is 1.79. The number of likely N-dealkylation sites (tertiary alicyclic amines) is 1. The highest BCUT2D eigenvalue weighted by molar-refractivity contribution is 14.0. The van der Waals surface area contributed by atoms with Crippen LogP contribution >= 0.6 is 24.0 Å². The SMILES string of the molecule is CN=C(NCC1CC1)NCC1CCCCN1C(=O)OC(C)(C)C.I. The largest absolute Gasteiger partial charge is 0.444 e. The summed E-state index contributed by atoms with van der Waals surface area (Å²) in [6.45, 7) is 8.20. The van der Waals surface area contributed by atoms with Crippen LogP contribution in [0.2, 0.25) is 0 Å². The van der Waals surface area contributed by atoms with Gasteiger partial charge in [-0.25, -0.2) is 4.79 Å². The van der Waals surface area contributed by atoms with E-state index in [1.165, 1.54) is 12.8 Å². The van der Waals surface area contributed by atoms with Gasteiger partial charge in [-0.05, 0) is 58.8 Å². The summed E-state index contributed by atoms with van der Waals surface area (Å²) in [6, 6.07) is 0.165. The van der Waals surface area contributed by atoms with Gasteiger partial charge in [0, 0.05) is 26.7 Å². The molecule has 6 nitrogen and oxygen atoms in total. The lowest BCUT2D eigenvalue weighted by Gasteiger charge is -2.37. The summed E-state index contributed by atoms with van der Waals surface area (Å²) in [5.41, 5.74) is -0.450. The Bertz CT molecular complexity index is 433. The third-order valence-corrected chi connectivity index (χ3v) is 4.24. The van der Waals surface area contributed by atoms with E-state index in [9.17, 15) is 4.79 Å². The predicted molar refractivity (Wildman–Crippen MR) is 108 cm³/mol. The number of halogens is 1. The normalized spacial score (nSPS) is 21.8. The minimum atomic E-state index is -0.450. The van der Waals surface area contributed by atoms with E-state index in [1.807, 2.05) is 25.7 Å². The molecule has 0 aromatic rings. The molecule has 0 aromatic heterocycles. The molecule has 1 unspecified atom stereocenters. The third kappa shape index (κ3) is 7.44. The number of aliphatic imine (C=N–C) groups is 1. The molecule has 2 rings (SSSR count). The second-order valence-corrected chi connectivity index (χ2v) is 7.60.